The van der Waals surface area contributed by atoms with E-state index in [4.69, 9.17) is 11.6 Å². The highest BCUT2D eigenvalue weighted by molar-refractivity contribution is 9.10. The van der Waals surface area contributed by atoms with Crippen LogP contribution in [-0.4, -0.2) is 15.9 Å². The molecule has 0 radical (unpaired) electrons. The van der Waals surface area contributed by atoms with Gasteiger partial charge in [-0.3, -0.25) is 9.78 Å². The van der Waals surface area contributed by atoms with E-state index in [0.717, 1.165) is 25.6 Å². The molecule has 0 saturated heterocycles. The smallest absolute Gasteiger partial charge is 0.253 e. The predicted molar refractivity (Wildman–Crippen MR) is 100 cm³/mol. The van der Waals surface area contributed by atoms with Crippen molar-refractivity contribution in [1.29, 1.82) is 0 Å². The molecule has 1 N–H and O–H groups in total. The highest BCUT2D eigenvalue weighted by Gasteiger charge is 2.14. The van der Waals surface area contributed by atoms with E-state index in [1.807, 2.05) is 19.1 Å². The first-order valence-electron chi connectivity index (χ1n) is 7.14. The number of halogens is 2. The van der Waals surface area contributed by atoms with Crippen molar-refractivity contribution in [3.8, 4) is 10.6 Å². The second-order valence-corrected chi connectivity index (χ2v) is 7.48. The Morgan fingerprint density at radius 3 is 2.96 bits per heavy atom. The van der Waals surface area contributed by atoms with Gasteiger partial charge >= 0.3 is 0 Å². The Bertz CT molecular complexity index is 883. The van der Waals surface area contributed by atoms with Crippen LogP contribution in [0.4, 0.5) is 0 Å². The number of rotatable bonds is 4. The molecule has 0 unspecified atom stereocenters. The molecule has 0 fully saturated rings. The topological polar surface area (TPSA) is 54.9 Å². The number of aromatic nitrogens is 2. The fourth-order valence-corrected chi connectivity index (χ4v) is 3.69. The molecule has 0 aliphatic heterocycles. The van der Waals surface area contributed by atoms with Crippen molar-refractivity contribution in [1.82, 2.24) is 15.3 Å². The van der Waals surface area contributed by atoms with E-state index < -0.39 is 0 Å². The van der Waals surface area contributed by atoms with E-state index in [9.17, 15) is 4.79 Å². The van der Waals surface area contributed by atoms with Crippen LogP contribution in [0.2, 0.25) is 5.02 Å². The Morgan fingerprint density at radius 1 is 1.38 bits per heavy atom. The number of hydrogen-bond acceptors (Lipinski definition) is 4. The first kappa shape index (κ1) is 17.1. The van der Waals surface area contributed by atoms with Crippen molar-refractivity contribution in [2.75, 3.05) is 0 Å². The third-order valence-corrected chi connectivity index (χ3v) is 5.41. The number of pyridine rings is 1. The number of amides is 1. The van der Waals surface area contributed by atoms with Gasteiger partial charge < -0.3 is 5.32 Å². The summed E-state index contributed by atoms with van der Waals surface area (Å²) in [5.41, 5.74) is 2.32. The molecule has 0 saturated carbocycles. The predicted octanol–water partition coefficient (Wildman–Crippen LogP) is 4.86. The Hall–Kier alpha value is -1.76. The summed E-state index contributed by atoms with van der Waals surface area (Å²) in [4.78, 5) is 22.0. The quantitative estimate of drug-likeness (QED) is 0.653. The maximum absolute atomic E-state index is 12.3. The van der Waals surface area contributed by atoms with Crippen molar-refractivity contribution in [3.05, 3.63) is 68.4 Å². The second-order valence-electron chi connectivity index (χ2n) is 5.08. The number of benzene rings is 1. The summed E-state index contributed by atoms with van der Waals surface area (Å²) in [5, 5.41) is 4.22. The first-order valence-corrected chi connectivity index (χ1v) is 9.13. The van der Waals surface area contributed by atoms with Crippen LogP contribution in [-0.2, 0) is 6.54 Å². The molecule has 3 aromatic rings. The number of hydrogen-bond donors (Lipinski definition) is 1. The normalized spacial score (nSPS) is 10.6. The van der Waals surface area contributed by atoms with E-state index >= 15 is 0 Å². The Kier molecular flexibility index (Phi) is 5.28. The number of carbonyl (C=O) groups excluding carboxylic acids is 1. The van der Waals surface area contributed by atoms with Gasteiger partial charge in [0.1, 0.15) is 5.01 Å². The van der Waals surface area contributed by atoms with Gasteiger partial charge in [-0.1, -0.05) is 27.5 Å². The van der Waals surface area contributed by atoms with E-state index in [1.165, 1.54) is 0 Å². The van der Waals surface area contributed by atoms with Crippen LogP contribution in [0.25, 0.3) is 10.6 Å². The fourth-order valence-electron chi connectivity index (χ4n) is 2.13. The van der Waals surface area contributed by atoms with Crippen LogP contribution in [0.1, 0.15) is 20.9 Å². The Labute approximate surface area is 157 Å². The van der Waals surface area contributed by atoms with E-state index in [2.05, 4.69) is 31.2 Å². The second kappa shape index (κ2) is 7.42. The molecule has 24 heavy (non-hydrogen) atoms. The van der Waals surface area contributed by atoms with Crippen LogP contribution < -0.4 is 5.32 Å². The maximum atomic E-state index is 12.3. The number of thiazole rings is 1. The molecular weight excluding hydrogens is 410 g/mol. The molecule has 0 spiro atoms. The lowest BCUT2D eigenvalue weighted by atomic mass is 10.2. The van der Waals surface area contributed by atoms with Crippen molar-refractivity contribution < 1.29 is 4.79 Å². The lowest BCUT2D eigenvalue weighted by molar-refractivity contribution is 0.0951. The third-order valence-electron chi connectivity index (χ3n) is 3.38. The van der Waals surface area contributed by atoms with Gasteiger partial charge in [-0.05, 0) is 37.3 Å². The summed E-state index contributed by atoms with van der Waals surface area (Å²) in [5.74, 6) is -0.211. The zero-order valence-electron chi connectivity index (χ0n) is 12.7. The van der Waals surface area contributed by atoms with E-state index in [1.54, 1.807) is 41.9 Å². The van der Waals surface area contributed by atoms with Crippen LogP contribution in [0.15, 0.2) is 47.2 Å². The molecule has 2 heterocycles. The van der Waals surface area contributed by atoms with E-state index in [-0.39, 0.29) is 5.91 Å². The number of aryl methyl sites for hydroxylation is 1. The largest absolute Gasteiger partial charge is 0.347 e. The molecule has 7 heteroatoms. The molecule has 0 aliphatic rings. The van der Waals surface area contributed by atoms with Crippen molar-refractivity contribution in [3.63, 3.8) is 0 Å². The molecule has 2 aromatic heterocycles. The average Bonchev–Trinajstić information content (AvgIpc) is 2.96. The maximum Gasteiger partial charge on any atom is 0.253 e. The number of nitrogens with one attached hydrogen (secondary N) is 1. The fraction of sp³-hybridized carbons (Fsp3) is 0.118. The van der Waals surface area contributed by atoms with Crippen molar-refractivity contribution >= 4 is 44.8 Å². The van der Waals surface area contributed by atoms with Crippen LogP contribution in [0.3, 0.4) is 0 Å². The molecular formula is C17H13BrClN3OS. The minimum atomic E-state index is -0.211. The van der Waals surface area contributed by atoms with Gasteiger partial charge in [-0.2, -0.15) is 0 Å². The summed E-state index contributed by atoms with van der Waals surface area (Å²) in [7, 11) is 0. The minimum Gasteiger partial charge on any atom is -0.347 e. The lowest BCUT2D eigenvalue weighted by Gasteiger charge is -2.06. The third kappa shape index (κ3) is 3.83. The molecule has 4 nitrogen and oxygen atoms in total. The lowest BCUT2D eigenvalue weighted by Crippen LogP contribution is -2.23. The molecule has 1 amide bonds. The SMILES string of the molecule is Cc1nc(-c2cccnc2)sc1CNC(=O)c1cc(Br)ccc1Cl. The summed E-state index contributed by atoms with van der Waals surface area (Å²) >= 11 is 11.0. The monoisotopic (exact) mass is 421 g/mol. The molecule has 1 aromatic carbocycles. The molecule has 0 atom stereocenters. The number of nitrogens with zero attached hydrogens (tertiary/aromatic N) is 2. The zero-order chi connectivity index (χ0) is 17.1. The summed E-state index contributed by atoms with van der Waals surface area (Å²) in [6, 6.07) is 9.04. The highest BCUT2D eigenvalue weighted by Crippen LogP contribution is 2.27. The molecule has 0 bridgehead atoms. The van der Waals surface area contributed by atoms with Crippen LogP contribution >= 0.6 is 38.9 Å². The first-order chi connectivity index (χ1) is 11.5. The average molecular weight is 423 g/mol. The number of carbonyl (C=O) groups is 1. The van der Waals surface area contributed by atoms with Crippen molar-refractivity contribution in [2.45, 2.75) is 13.5 Å². The van der Waals surface area contributed by atoms with Crippen molar-refractivity contribution in [2.24, 2.45) is 0 Å². The van der Waals surface area contributed by atoms with Gasteiger partial charge in [0.25, 0.3) is 5.91 Å². The van der Waals surface area contributed by atoms with Gasteiger partial charge in [-0.25, -0.2) is 4.98 Å². The van der Waals surface area contributed by atoms with Gasteiger partial charge in [0.15, 0.2) is 0 Å². The molecule has 122 valence electrons. The van der Waals surface area contributed by atoms with Gasteiger partial charge in [0, 0.05) is 27.3 Å². The van der Waals surface area contributed by atoms with Gasteiger partial charge in [-0.15, -0.1) is 11.3 Å². The van der Waals surface area contributed by atoms with Gasteiger partial charge in [0.05, 0.1) is 22.8 Å². The summed E-state index contributed by atoms with van der Waals surface area (Å²) < 4.78 is 0.810. The zero-order valence-corrected chi connectivity index (χ0v) is 15.9. The van der Waals surface area contributed by atoms with E-state index in [0.29, 0.717) is 17.1 Å². The summed E-state index contributed by atoms with van der Waals surface area (Å²) in [6.07, 6.45) is 3.51. The Morgan fingerprint density at radius 2 is 2.21 bits per heavy atom. The standard InChI is InChI=1S/C17H13BrClN3OS/c1-10-15(24-17(22-10)11-3-2-6-20-8-11)9-21-16(23)13-7-12(18)4-5-14(13)19/h2-8H,9H2,1H3,(H,21,23). The highest BCUT2D eigenvalue weighted by atomic mass is 79.9. The van der Waals surface area contributed by atoms with Gasteiger partial charge in [0.2, 0.25) is 0 Å². The summed E-state index contributed by atoms with van der Waals surface area (Å²) in [6.45, 7) is 2.34. The molecule has 3 rings (SSSR count). The minimum absolute atomic E-state index is 0.211. The Balaban J connectivity index is 1.74. The van der Waals surface area contributed by atoms with Crippen LogP contribution in [0, 0.1) is 6.92 Å². The molecule has 0 aliphatic carbocycles. The van der Waals surface area contributed by atoms with Crippen LogP contribution in [0.5, 0.6) is 0 Å².